The van der Waals surface area contributed by atoms with Gasteiger partial charge in [-0.3, -0.25) is 0 Å². The second kappa shape index (κ2) is 13.9. The molecular formula is C25H38AsCl2O6P. The van der Waals surface area contributed by atoms with Gasteiger partial charge in [-0.15, -0.1) is 0 Å². The van der Waals surface area contributed by atoms with Crippen LogP contribution in [0.2, 0.25) is 15.3 Å². The molecule has 1 aromatic carbocycles. The van der Waals surface area contributed by atoms with Gasteiger partial charge in [-0.2, -0.15) is 0 Å². The average Bonchev–Trinajstić information content (AvgIpc) is 2.77. The van der Waals surface area contributed by atoms with Gasteiger partial charge in [0.2, 0.25) is 0 Å². The van der Waals surface area contributed by atoms with E-state index in [2.05, 4.69) is 0 Å². The van der Waals surface area contributed by atoms with Gasteiger partial charge in [-0.1, -0.05) is 0 Å². The van der Waals surface area contributed by atoms with Gasteiger partial charge in [0.15, 0.2) is 0 Å². The van der Waals surface area contributed by atoms with Crippen molar-refractivity contribution in [2.24, 2.45) is 11.3 Å². The molecule has 1 aromatic rings. The number of ether oxygens (including phenoxy) is 2. The van der Waals surface area contributed by atoms with Crippen LogP contribution >= 0.6 is 30.6 Å². The van der Waals surface area contributed by atoms with Gasteiger partial charge in [0.1, 0.15) is 0 Å². The Morgan fingerprint density at radius 3 is 2.40 bits per heavy atom. The molecule has 0 spiro atoms. The third-order valence-corrected chi connectivity index (χ3v) is 14.6. The molecule has 2 unspecified atom stereocenters. The summed E-state index contributed by atoms with van der Waals surface area (Å²) in [5.41, 5.74) is 0.176. The maximum atomic E-state index is 13.1. The van der Waals surface area contributed by atoms with Crippen molar-refractivity contribution in [2.75, 3.05) is 19.1 Å². The van der Waals surface area contributed by atoms with E-state index in [4.69, 9.17) is 32.7 Å². The van der Waals surface area contributed by atoms with E-state index < -0.39 is 40.2 Å². The molecule has 2 rings (SSSR count). The van der Waals surface area contributed by atoms with Crippen LogP contribution in [0.15, 0.2) is 18.2 Å². The quantitative estimate of drug-likeness (QED) is 0.120. The third-order valence-electron chi connectivity index (χ3n) is 6.29. The van der Waals surface area contributed by atoms with Crippen LogP contribution in [-0.2, 0) is 18.8 Å². The van der Waals surface area contributed by atoms with E-state index >= 15 is 0 Å². The molecular weight excluding hydrogens is 573 g/mol. The Morgan fingerprint density at radius 1 is 1.14 bits per heavy atom. The standard InChI is InChI=1S/C25H38AsCl2O6P/c1-18(20-11-12-21(27)22(28)15-20)26(24(30)34-17-33-23(29)25(2,3)4)13-8-14-35(31,32)16-19-9-6-5-7-10-19/h11-12,15,18-19H,5-10,13-14,16-17H2,1-4H3,(H,31,32)/t18-,26?/m0/s1. The molecule has 1 aliphatic carbocycles. The first-order valence-electron chi connectivity index (χ1n) is 12.2. The summed E-state index contributed by atoms with van der Waals surface area (Å²) in [6, 6.07) is 5.29. The third kappa shape index (κ3) is 10.4. The summed E-state index contributed by atoms with van der Waals surface area (Å²) in [6.07, 6.45) is 6.57. The topological polar surface area (TPSA) is 89.9 Å². The molecule has 198 valence electrons. The van der Waals surface area contributed by atoms with Gasteiger partial charge in [-0.25, -0.2) is 0 Å². The zero-order valence-electron chi connectivity index (χ0n) is 21.1. The molecule has 0 heterocycles. The SMILES string of the molecule is C[C@@H](c1ccc(Cl)c(Cl)c1)[As](CCCP(=O)(O)CC1CCCCC1)C(=O)OCOC(=O)C(C)(C)C. The zero-order chi connectivity index (χ0) is 26.2. The number of benzene rings is 1. The molecule has 0 aromatic heterocycles. The summed E-state index contributed by atoms with van der Waals surface area (Å²) in [6.45, 7) is 6.68. The molecule has 1 fully saturated rings. The molecule has 0 bridgehead atoms. The van der Waals surface area contributed by atoms with Crippen molar-refractivity contribution in [1.82, 2.24) is 0 Å². The monoisotopic (exact) mass is 610 g/mol. The molecule has 1 aliphatic rings. The summed E-state index contributed by atoms with van der Waals surface area (Å²) < 4.78 is 22.8. The number of carbonyl (C=O) groups excluding carboxylic acids is 2. The van der Waals surface area contributed by atoms with Gasteiger partial charge in [0, 0.05) is 0 Å². The second-order valence-corrected chi connectivity index (χ2v) is 19.0. The molecule has 0 amide bonds. The van der Waals surface area contributed by atoms with Crippen LogP contribution in [0.25, 0.3) is 0 Å². The molecule has 1 saturated carbocycles. The molecule has 1 N–H and O–H groups in total. The minimum absolute atomic E-state index is 0.139. The molecule has 35 heavy (non-hydrogen) atoms. The average molecular weight is 611 g/mol. The van der Waals surface area contributed by atoms with Gasteiger partial charge in [0.05, 0.1) is 0 Å². The van der Waals surface area contributed by atoms with Crippen LogP contribution in [0.5, 0.6) is 0 Å². The fourth-order valence-corrected chi connectivity index (χ4v) is 11.5. The number of hydrogen-bond acceptors (Lipinski definition) is 5. The second-order valence-electron chi connectivity index (χ2n) is 10.4. The van der Waals surface area contributed by atoms with Crippen molar-refractivity contribution in [1.29, 1.82) is 0 Å². The summed E-state index contributed by atoms with van der Waals surface area (Å²) in [5.74, 6) is -0.128. The van der Waals surface area contributed by atoms with E-state index in [9.17, 15) is 19.0 Å². The fourth-order valence-electron chi connectivity index (χ4n) is 4.18. The first-order chi connectivity index (χ1) is 16.3. The van der Waals surface area contributed by atoms with E-state index in [1.807, 2.05) is 13.0 Å². The predicted molar refractivity (Wildman–Crippen MR) is 143 cm³/mol. The van der Waals surface area contributed by atoms with Gasteiger partial charge < -0.3 is 0 Å². The Hall–Kier alpha value is -0.512. The number of rotatable bonds is 11. The van der Waals surface area contributed by atoms with Crippen molar-refractivity contribution in [2.45, 2.75) is 76.1 Å². The van der Waals surface area contributed by atoms with Crippen molar-refractivity contribution in [3.8, 4) is 0 Å². The van der Waals surface area contributed by atoms with Crippen LogP contribution in [0, 0.1) is 11.3 Å². The Labute approximate surface area is 224 Å². The van der Waals surface area contributed by atoms with Crippen LogP contribution in [0.3, 0.4) is 0 Å². The maximum absolute atomic E-state index is 13.1. The van der Waals surface area contributed by atoms with E-state index in [0.29, 0.717) is 33.8 Å². The zero-order valence-corrected chi connectivity index (χ0v) is 25.4. The van der Waals surface area contributed by atoms with Crippen molar-refractivity contribution in [3.63, 3.8) is 0 Å². The molecule has 6 nitrogen and oxygen atoms in total. The Kier molecular flexibility index (Phi) is 12.2. The van der Waals surface area contributed by atoms with Crippen LogP contribution in [0.4, 0.5) is 4.79 Å². The first-order valence-corrected chi connectivity index (χ1v) is 18.3. The van der Waals surface area contributed by atoms with E-state index in [0.717, 1.165) is 31.2 Å². The molecule has 0 radical (unpaired) electrons. The Morgan fingerprint density at radius 2 is 1.80 bits per heavy atom. The summed E-state index contributed by atoms with van der Waals surface area (Å²) in [4.78, 5) is 35.7. The number of halogens is 2. The number of carbonyl (C=O) groups is 2. The summed E-state index contributed by atoms with van der Waals surface area (Å²) >= 11 is 9.86. The Bertz CT molecular complexity index is 914. The Balaban J connectivity index is 2.04. The van der Waals surface area contributed by atoms with E-state index in [1.54, 1.807) is 32.9 Å². The predicted octanol–water partition coefficient (Wildman–Crippen LogP) is 7.64. The summed E-state index contributed by atoms with van der Waals surface area (Å²) in [7, 11) is -3.25. The van der Waals surface area contributed by atoms with E-state index in [-0.39, 0.29) is 15.6 Å². The van der Waals surface area contributed by atoms with Crippen LogP contribution in [-0.4, -0.2) is 49.4 Å². The van der Waals surface area contributed by atoms with Gasteiger partial charge in [-0.05, 0) is 0 Å². The minimum atomic E-state index is -3.25. The van der Waals surface area contributed by atoms with Gasteiger partial charge >= 0.3 is 225 Å². The van der Waals surface area contributed by atoms with Gasteiger partial charge in [0.25, 0.3) is 0 Å². The van der Waals surface area contributed by atoms with E-state index in [1.165, 1.54) is 6.42 Å². The molecule has 3 atom stereocenters. The molecule has 0 saturated heterocycles. The van der Waals surface area contributed by atoms with Crippen molar-refractivity contribution in [3.05, 3.63) is 33.8 Å². The first kappa shape index (κ1) is 30.7. The van der Waals surface area contributed by atoms with Crippen molar-refractivity contribution < 1.29 is 28.5 Å². The van der Waals surface area contributed by atoms with Crippen molar-refractivity contribution >= 4 is 55.9 Å². The normalized spacial score (nSPS) is 18.4. The molecule has 0 aliphatic heterocycles. The van der Waals surface area contributed by atoms with Crippen LogP contribution < -0.4 is 0 Å². The number of esters is 1. The number of hydrogen-bond donors (Lipinski definition) is 1. The van der Waals surface area contributed by atoms with Crippen LogP contribution in [0.1, 0.15) is 76.5 Å². The summed E-state index contributed by atoms with van der Waals surface area (Å²) in [5, 5.41) is 1.35. The molecule has 10 heteroatoms. The fraction of sp³-hybridized carbons (Fsp3) is 0.680.